The number of alkyl halides is 1. The van der Waals surface area contributed by atoms with Crippen LogP contribution in [0.1, 0.15) is 222 Å². The van der Waals surface area contributed by atoms with Crippen LogP contribution in [0, 0.1) is 5.92 Å². The smallest absolute Gasteiger partial charge is 0.261 e. The van der Waals surface area contributed by atoms with Crippen LogP contribution in [-0.4, -0.2) is 44.5 Å². The number of thioether (sulfide) groups is 1. The SMILES string of the molecule is C=C(O[C@H](CO[Si](c1ccccc1)(c1ccccc1)C(C)(C)C)[C@@H]1OC(C)(C)O[C@H]1Sc1ccccc1)C(F)CC(CCCCCCCCCCCCCC)CCCCCCCCCCCCCC. The molecule has 0 N–H and O–H groups in total. The predicted molar refractivity (Wildman–Crippen MR) is 298 cm³/mol. The topological polar surface area (TPSA) is 36.9 Å². The third-order valence-corrected chi connectivity index (χ3v) is 20.6. The van der Waals surface area contributed by atoms with Gasteiger partial charge in [0, 0.05) is 4.90 Å². The highest BCUT2D eigenvalue weighted by atomic mass is 32.2. The quantitative estimate of drug-likeness (QED) is 0.0323. The summed E-state index contributed by atoms with van der Waals surface area (Å²) in [6.07, 6.45) is 32.0. The fraction of sp³-hybridized carbons (Fsp3) is 0.677. The van der Waals surface area contributed by atoms with Crippen molar-refractivity contribution in [2.75, 3.05) is 6.61 Å². The molecule has 0 saturated carbocycles. The van der Waals surface area contributed by atoms with Crippen LogP contribution in [-0.2, 0) is 18.6 Å². The minimum Gasteiger partial charge on any atom is -0.487 e. The van der Waals surface area contributed by atoms with Gasteiger partial charge in [-0.05, 0) is 53.7 Å². The molecule has 0 spiro atoms. The number of hydrogen-bond acceptors (Lipinski definition) is 5. The van der Waals surface area contributed by atoms with E-state index in [0.717, 1.165) is 30.6 Å². The van der Waals surface area contributed by atoms with Crippen molar-refractivity contribution in [3.8, 4) is 0 Å². The van der Waals surface area contributed by atoms with Crippen LogP contribution in [0.4, 0.5) is 4.39 Å². The zero-order chi connectivity index (χ0) is 49.6. The molecule has 4 nitrogen and oxygen atoms in total. The molecule has 0 amide bonds. The lowest BCUT2D eigenvalue weighted by Gasteiger charge is -2.44. The van der Waals surface area contributed by atoms with E-state index in [-0.39, 0.29) is 17.4 Å². The average Bonchev–Trinajstić information content (AvgIpc) is 3.65. The summed E-state index contributed by atoms with van der Waals surface area (Å²) < 4.78 is 44.9. The maximum absolute atomic E-state index is 17.0. The van der Waals surface area contributed by atoms with E-state index in [4.69, 9.17) is 18.6 Å². The number of benzene rings is 3. The highest BCUT2D eigenvalue weighted by Gasteiger charge is 2.53. The molecule has 1 saturated heterocycles. The van der Waals surface area contributed by atoms with E-state index < -0.39 is 37.9 Å². The number of unbranched alkanes of at least 4 members (excludes halogenated alkanes) is 22. The van der Waals surface area contributed by atoms with Crippen molar-refractivity contribution in [1.29, 1.82) is 0 Å². The minimum atomic E-state index is -2.98. The van der Waals surface area contributed by atoms with Crippen molar-refractivity contribution in [2.24, 2.45) is 5.92 Å². The van der Waals surface area contributed by atoms with E-state index in [1.165, 1.54) is 152 Å². The maximum Gasteiger partial charge on any atom is 0.261 e. The summed E-state index contributed by atoms with van der Waals surface area (Å²) in [6.45, 7) is 19.9. The Bertz CT molecular complexity index is 1670. The van der Waals surface area contributed by atoms with Crippen LogP contribution >= 0.6 is 11.8 Å². The van der Waals surface area contributed by atoms with Gasteiger partial charge >= 0.3 is 0 Å². The second-order valence-corrected chi connectivity index (χ2v) is 27.4. The summed E-state index contributed by atoms with van der Waals surface area (Å²) in [5, 5.41) is 2.11. The Kier molecular flexibility index (Phi) is 28.6. The first-order valence-electron chi connectivity index (χ1n) is 28.2. The number of rotatable bonds is 39. The molecule has 388 valence electrons. The summed E-state index contributed by atoms with van der Waals surface area (Å²) >= 11 is 1.62. The first kappa shape index (κ1) is 59.1. The predicted octanol–water partition coefficient (Wildman–Crippen LogP) is 18.3. The monoisotopic (exact) mass is 987 g/mol. The van der Waals surface area contributed by atoms with Crippen LogP contribution in [0.3, 0.4) is 0 Å². The first-order valence-corrected chi connectivity index (χ1v) is 31.0. The molecule has 69 heavy (non-hydrogen) atoms. The van der Waals surface area contributed by atoms with Gasteiger partial charge in [0.05, 0.1) is 6.61 Å². The summed E-state index contributed by atoms with van der Waals surface area (Å²) in [5.41, 5.74) is -0.412. The van der Waals surface area contributed by atoms with Crippen LogP contribution in [0.2, 0.25) is 5.04 Å². The van der Waals surface area contributed by atoms with Crippen molar-refractivity contribution >= 4 is 30.5 Å². The molecule has 0 aromatic heterocycles. The Balaban J connectivity index is 1.47. The lowest BCUT2D eigenvalue weighted by atomic mass is 9.89. The highest BCUT2D eigenvalue weighted by Crippen LogP contribution is 2.42. The molecule has 0 radical (unpaired) electrons. The zero-order valence-corrected chi connectivity index (χ0v) is 46.8. The van der Waals surface area contributed by atoms with E-state index >= 15 is 4.39 Å². The van der Waals surface area contributed by atoms with Gasteiger partial charge in [0.25, 0.3) is 8.32 Å². The fourth-order valence-electron chi connectivity index (χ4n) is 10.5. The Morgan fingerprint density at radius 3 is 1.41 bits per heavy atom. The van der Waals surface area contributed by atoms with Gasteiger partial charge < -0.3 is 18.6 Å². The second kappa shape index (κ2) is 33.3. The van der Waals surface area contributed by atoms with Gasteiger partial charge in [0.15, 0.2) is 12.0 Å². The third kappa shape index (κ3) is 21.7. The normalized spacial score (nSPS) is 17.1. The molecule has 3 aromatic carbocycles. The van der Waals surface area contributed by atoms with E-state index in [2.05, 4.69) is 114 Å². The van der Waals surface area contributed by atoms with Crippen LogP contribution in [0.15, 0.2) is 108 Å². The van der Waals surface area contributed by atoms with Gasteiger partial charge in [-0.1, -0.05) is 299 Å². The molecule has 1 aliphatic rings. The molecule has 1 aliphatic heterocycles. The van der Waals surface area contributed by atoms with Crippen molar-refractivity contribution in [2.45, 2.75) is 261 Å². The molecule has 3 aromatic rings. The van der Waals surface area contributed by atoms with E-state index in [0.29, 0.717) is 12.3 Å². The Hall–Kier alpha value is -2.42. The van der Waals surface area contributed by atoms with Gasteiger partial charge in [0.2, 0.25) is 0 Å². The van der Waals surface area contributed by atoms with Crippen LogP contribution in [0.5, 0.6) is 0 Å². The Morgan fingerprint density at radius 1 is 0.609 bits per heavy atom. The third-order valence-electron chi connectivity index (χ3n) is 14.5. The number of hydrogen-bond donors (Lipinski definition) is 0. The largest absolute Gasteiger partial charge is 0.487 e. The number of halogens is 1. The summed E-state index contributed by atoms with van der Waals surface area (Å²) in [6, 6.07) is 31.6. The van der Waals surface area contributed by atoms with Crippen molar-refractivity contribution < 1.29 is 23.0 Å². The zero-order valence-electron chi connectivity index (χ0n) is 45.0. The molecule has 0 aliphatic carbocycles. The van der Waals surface area contributed by atoms with Gasteiger partial charge in [0.1, 0.15) is 23.4 Å². The van der Waals surface area contributed by atoms with Crippen LogP contribution in [0.25, 0.3) is 0 Å². The van der Waals surface area contributed by atoms with Crippen molar-refractivity contribution in [3.05, 3.63) is 103 Å². The molecule has 7 heteroatoms. The lowest BCUT2D eigenvalue weighted by molar-refractivity contribution is -0.157. The summed E-state index contributed by atoms with van der Waals surface area (Å²) in [5.74, 6) is -0.401. The second-order valence-electron chi connectivity index (χ2n) is 21.9. The Labute approximate surface area is 428 Å². The standard InChI is InChI=1S/C62H99FO4SSi/c1-9-11-13-15-17-19-21-23-25-27-29-34-42-53(43-35-30-28-26-24-22-20-18-16-14-12-10-2)50-57(63)52(3)65-58(59-60(67-62(7,8)66-59)68-54-44-36-31-37-45-54)51-64-69(61(4,5)6,55-46-38-32-39-47-55)56-48-40-33-41-49-56/h31-33,36-41,44-49,53,57-60H,3,9-30,34-35,42-43,50-51H2,1-2,4-8H3/t57?,58-,59+,60+/m1/s1. The van der Waals surface area contributed by atoms with Gasteiger partial charge in [-0.15, -0.1) is 0 Å². The first-order chi connectivity index (χ1) is 33.4. The van der Waals surface area contributed by atoms with Gasteiger partial charge in [-0.3, -0.25) is 0 Å². The highest BCUT2D eigenvalue weighted by molar-refractivity contribution is 7.99. The van der Waals surface area contributed by atoms with E-state index in [1.54, 1.807) is 11.8 Å². The van der Waals surface area contributed by atoms with E-state index in [9.17, 15) is 0 Å². The number of ether oxygens (including phenoxy) is 3. The molecular formula is C62H99FO4SSi. The average molecular weight is 988 g/mol. The molecule has 0 bridgehead atoms. The van der Waals surface area contributed by atoms with Crippen molar-refractivity contribution in [1.82, 2.24) is 0 Å². The molecule has 1 unspecified atom stereocenters. The molecule has 4 rings (SSSR count). The molecule has 1 heterocycles. The fourth-order valence-corrected chi connectivity index (χ4v) is 16.3. The van der Waals surface area contributed by atoms with Crippen molar-refractivity contribution in [3.63, 3.8) is 0 Å². The van der Waals surface area contributed by atoms with Gasteiger partial charge in [-0.25, -0.2) is 4.39 Å². The lowest BCUT2D eigenvalue weighted by Crippen LogP contribution is -2.67. The number of allylic oxidation sites excluding steroid dienone is 1. The molecule has 1 fully saturated rings. The summed E-state index contributed by atoms with van der Waals surface area (Å²) in [4.78, 5) is 1.07. The van der Waals surface area contributed by atoms with Crippen LogP contribution < -0.4 is 10.4 Å². The minimum absolute atomic E-state index is 0.178. The van der Waals surface area contributed by atoms with E-state index in [1.807, 2.05) is 32.0 Å². The maximum atomic E-state index is 17.0. The Morgan fingerprint density at radius 2 is 1.00 bits per heavy atom. The molecular weight excluding hydrogens is 888 g/mol. The molecule has 4 atom stereocenters. The van der Waals surface area contributed by atoms with Gasteiger partial charge in [-0.2, -0.15) is 0 Å². The summed E-state index contributed by atoms with van der Waals surface area (Å²) in [7, 11) is -2.98.